The van der Waals surface area contributed by atoms with Crippen molar-refractivity contribution in [3.63, 3.8) is 0 Å². The molecule has 0 spiro atoms. The van der Waals surface area contributed by atoms with Crippen molar-refractivity contribution in [3.05, 3.63) is 53.6 Å². The van der Waals surface area contributed by atoms with Crippen LogP contribution in [-0.4, -0.2) is 26.2 Å². The third kappa shape index (κ3) is 4.65. The molecule has 0 aliphatic heterocycles. The molecule has 0 aromatic heterocycles. The lowest BCUT2D eigenvalue weighted by molar-refractivity contribution is 0.0955. The highest BCUT2D eigenvalue weighted by atomic mass is 16.5. The molecule has 0 heterocycles. The number of amides is 1. The van der Waals surface area contributed by atoms with Gasteiger partial charge in [-0.1, -0.05) is 0 Å². The normalized spacial score (nSPS) is 10.1. The zero-order chi connectivity index (χ0) is 17.4. The first-order valence-corrected chi connectivity index (χ1v) is 7.98. The minimum absolute atomic E-state index is 0.105. The van der Waals surface area contributed by atoms with E-state index >= 15 is 0 Å². The Hall–Kier alpha value is -2.69. The van der Waals surface area contributed by atoms with E-state index in [0.29, 0.717) is 25.3 Å². The highest BCUT2D eigenvalue weighted by molar-refractivity contribution is 5.94. The van der Waals surface area contributed by atoms with Gasteiger partial charge < -0.3 is 19.5 Å². The van der Waals surface area contributed by atoms with Gasteiger partial charge >= 0.3 is 0 Å². The zero-order valence-electron chi connectivity index (χ0n) is 14.3. The highest BCUT2D eigenvalue weighted by Gasteiger charge is 2.11. The Morgan fingerprint density at radius 2 is 1.71 bits per heavy atom. The van der Waals surface area contributed by atoms with Crippen molar-refractivity contribution in [3.8, 4) is 17.2 Å². The van der Waals surface area contributed by atoms with Gasteiger partial charge in [0.05, 0.1) is 13.7 Å². The van der Waals surface area contributed by atoms with Crippen LogP contribution in [0.3, 0.4) is 0 Å². The van der Waals surface area contributed by atoms with E-state index in [4.69, 9.17) is 14.2 Å². The van der Waals surface area contributed by atoms with E-state index in [2.05, 4.69) is 5.32 Å². The van der Waals surface area contributed by atoms with Crippen molar-refractivity contribution < 1.29 is 19.0 Å². The lowest BCUT2D eigenvalue weighted by atomic mass is 10.1. The molecule has 2 aromatic rings. The molecule has 5 nitrogen and oxygen atoms in total. The lowest BCUT2D eigenvalue weighted by Crippen LogP contribution is -2.22. The molecule has 0 unspecified atom stereocenters. The molecule has 0 saturated heterocycles. The van der Waals surface area contributed by atoms with Gasteiger partial charge in [0.15, 0.2) is 0 Å². The number of nitrogens with one attached hydrogen (secondary N) is 1. The van der Waals surface area contributed by atoms with Crippen LogP contribution in [0, 0.1) is 0 Å². The summed E-state index contributed by atoms with van der Waals surface area (Å²) in [6.07, 6.45) is 0. The smallest absolute Gasteiger partial charge is 0.251 e. The van der Waals surface area contributed by atoms with Gasteiger partial charge in [-0.05, 0) is 56.3 Å². The topological polar surface area (TPSA) is 56.8 Å². The average Bonchev–Trinajstić information content (AvgIpc) is 2.61. The average molecular weight is 329 g/mol. The summed E-state index contributed by atoms with van der Waals surface area (Å²) in [6.45, 7) is 5.26. The standard InChI is InChI=1S/C19H23NO4/c1-4-20-19(21)14-6-11-18(23-5-2)15(12-14)13-24-17-9-7-16(22-3)8-10-17/h6-12H,4-5,13H2,1-3H3,(H,20,21). The number of carbonyl (C=O) groups excluding carboxylic acids is 1. The maximum Gasteiger partial charge on any atom is 0.251 e. The molecule has 0 bridgehead atoms. The van der Waals surface area contributed by atoms with Crippen LogP contribution in [-0.2, 0) is 6.61 Å². The Balaban J connectivity index is 2.15. The van der Waals surface area contributed by atoms with Crippen LogP contribution in [0.15, 0.2) is 42.5 Å². The minimum atomic E-state index is -0.105. The predicted molar refractivity (Wildman–Crippen MR) is 92.9 cm³/mol. The van der Waals surface area contributed by atoms with E-state index in [1.807, 2.05) is 38.1 Å². The Labute approximate surface area is 142 Å². The molecule has 0 atom stereocenters. The Bertz CT molecular complexity index is 668. The number of benzene rings is 2. The third-order valence-electron chi connectivity index (χ3n) is 3.41. The first kappa shape index (κ1) is 17.7. The minimum Gasteiger partial charge on any atom is -0.497 e. The molecule has 0 aliphatic rings. The van der Waals surface area contributed by atoms with Gasteiger partial charge in [-0.2, -0.15) is 0 Å². The number of rotatable bonds is 8. The molecule has 1 amide bonds. The number of hydrogen-bond donors (Lipinski definition) is 1. The summed E-state index contributed by atoms with van der Waals surface area (Å²) in [5, 5.41) is 2.79. The molecule has 2 rings (SSSR count). The number of carbonyl (C=O) groups is 1. The van der Waals surface area contributed by atoms with Crippen molar-refractivity contribution in [2.75, 3.05) is 20.3 Å². The van der Waals surface area contributed by atoms with Crippen molar-refractivity contribution >= 4 is 5.91 Å². The van der Waals surface area contributed by atoms with Gasteiger partial charge in [-0.25, -0.2) is 0 Å². The highest BCUT2D eigenvalue weighted by Crippen LogP contribution is 2.24. The predicted octanol–water partition coefficient (Wildman–Crippen LogP) is 3.42. The van der Waals surface area contributed by atoms with Crippen LogP contribution in [0.5, 0.6) is 17.2 Å². The van der Waals surface area contributed by atoms with Crippen molar-refractivity contribution in [1.82, 2.24) is 5.32 Å². The van der Waals surface area contributed by atoms with Crippen LogP contribution >= 0.6 is 0 Å². The van der Waals surface area contributed by atoms with Crippen molar-refractivity contribution in [1.29, 1.82) is 0 Å². The van der Waals surface area contributed by atoms with E-state index in [1.54, 1.807) is 25.3 Å². The molecular formula is C19H23NO4. The second-order valence-electron chi connectivity index (χ2n) is 5.08. The second kappa shape index (κ2) is 8.82. The molecular weight excluding hydrogens is 306 g/mol. The molecule has 5 heteroatoms. The van der Waals surface area contributed by atoms with Gasteiger partial charge in [-0.15, -0.1) is 0 Å². The summed E-state index contributed by atoms with van der Waals surface area (Å²) in [4.78, 5) is 12.0. The first-order chi connectivity index (χ1) is 11.7. The third-order valence-corrected chi connectivity index (χ3v) is 3.41. The van der Waals surface area contributed by atoms with E-state index in [9.17, 15) is 4.79 Å². The first-order valence-electron chi connectivity index (χ1n) is 7.98. The maximum atomic E-state index is 12.0. The number of hydrogen-bond acceptors (Lipinski definition) is 4. The lowest BCUT2D eigenvalue weighted by Gasteiger charge is -2.13. The van der Waals surface area contributed by atoms with E-state index < -0.39 is 0 Å². The molecule has 1 N–H and O–H groups in total. The van der Waals surface area contributed by atoms with Gasteiger partial charge in [0.25, 0.3) is 5.91 Å². The number of methoxy groups -OCH3 is 1. The van der Waals surface area contributed by atoms with Crippen LogP contribution in [0.2, 0.25) is 0 Å². The Kier molecular flexibility index (Phi) is 6.49. The van der Waals surface area contributed by atoms with Crippen LogP contribution in [0.25, 0.3) is 0 Å². The van der Waals surface area contributed by atoms with Gasteiger partial charge in [0.1, 0.15) is 23.9 Å². The van der Waals surface area contributed by atoms with E-state index in [0.717, 1.165) is 22.8 Å². The molecule has 0 radical (unpaired) electrons. The monoisotopic (exact) mass is 329 g/mol. The zero-order valence-corrected chi connectivity index (χ0v) is 14.3. The van der Waals surface area contributed by atoms with Crippen LogP contribution < -0.4 is 19.5 Å². The SMILES string of the molecule is CCNC(=O)c1ccc(OCC)c(COc2ccc(OC)cc2)c1. The van der Waals surface area contributed by atoms with Crippen molar-refractivity contribution in [2.45, 2.75) is 20.5 Å². The molecule has 128 valence electrons. The summed E-state index contributed by atoms with van der Waals surface area (Å²) in [5.41, 5.74) is 1.42. The molecule has 0 saturated carbocycles. The van der Waals surface area contributed by atoms with E-state index in [-0.39, 0.29) is 5.91 Å². The molecule has 0 aliphatic carbocycles. The Morgan fingerprint density at radius 1 is 1.00 bits per heavy atom. The largest absolute Gasteiger partial charge is 0.497 e. The fraction of sp³-hybridized carbons (Fsp3) is 0.316. The van der Waals surface area contributed by atoms with Gasteiger partial charge in [-0.3, -0.25) is 4.79 Å². The number of ether oxygens (including phenoxy) is 3. The van der Waals surface area contributed by atoms with Crippen molar-refractivity contribution in [2.24, 2.45) is 0 Å². The fourth-order valence-electron chi connectivity index (χ4n) is 2.23. The van der Waals surface area contributed by atoms with Gasteiger partial charge in [0, 0.05) is 17.7 Å². The van der Waals surface area contributed by atoms with Gasteiger partial charge in [0.2, 0.25) is 0 Å². The summed E-state index contributed by atoms with van der Waals surface area (Å²) < 4.78 is 16.6. The van der Waals surface area contributed by atoms with Crippen LogP contribution in [0.4, 0.5) is 0 Å². The summed E-state index contributed by atoms with van der Waals surface area (Å²) in [6, 6.07) is 12.7. The summed E-state index contributed by atoms with van der Waals surface area (Å²) in [5.74, 6) is 2.11. The fourth-order valence-corrected chi connectivity index (χ4v) is 2.23. The quantitative estimate of drug-likeness (QED) is 0.806. The molecule has 24 heavy (non-hydrogen) atoms. The maximum absolute atomic E-state index is 12.0. The van der Waals surface area contributed by atoms with E-state index in [1.165, 1.54) is 0 Å². The van der Waals surface area contributed by atoms with Crippen LogP contribution in [0.1, 0.15) is 29.8 Å². The Morgan fingerprint density at radius 3 is 2.33 bits per heavy atom. The summed E-state index contributed by atoms with van der Waals surface area (Å²) >= 11 is 0. The summed E-state index contributed by atoms with van der Waals surface area (Å²) in [7, 11) is 1.62. The second-order valence-corrected chi connectivity index (χ2v) is 5.08. The molecule has 0 fully saturated rings. The molecule has 2 aromatic carbocycles.